The zero-order valence-electron chi connectivity index (χ0n) is 20.0. The summed E-state index contributed by atoms with van der Waals surface area (Å²) >= 11 is 12.4. The molecule has 0 aliphatic heterocycles. The fraction of sp³-hybridized carbons (Fsp3) is 0.250. The summed E-state index contributed by atoms with van der Waals surface area (Å²) in [5.74, 6) is -0.351. The molecule has 0 fully saturated rings. The molecule has 186 valence electrons. The van der Waals surface area contributed by atoms with Gasteiger partial charge in [0.15, 0.2) is 0 Å². The molecule has 0 bridgehead atoms. The highest BCUT2D eigenvalue weighted by atomic mass is 35.5. The minimum atomic E-state index is -0.524. The number of benzene rings is 3. The monoisotopic (exact) mass is 525 g/mol. The van der Waals surface area contributed by atoms with Crippen molar-refractivity contribution in [1.29, 1.82) is 0 Å². The van der Waals surface area contributed by atoms with Crippen LogP contribution in [-0.2, 0) is 13.0 Å². The molecule has 1 heterocycles. The second-order valence-electron chi connectivity index (χ2n) is 8.46. The summed E-state index contributed by atoms with van der Waals surface area (Å²) in [6, 6.07) is 17.5. The summed E-state index contributed by atoms with van der Waals surface area (Å²) in [6.07, 6.45) is 0.942. The molecular weight excluding hydrogens is 500 g/mol. The third-order valence-electron chi connectivity index (χ3n) is 6.24. The van der Waals surface area contributed by atoms with Gasteiger partial charge in [0.25, 0.3) is 11.5 Å². The van der Waals surface area contributed by atoms with Gasteiger partial charge >= 0.3 is 0 Å². The number of aromatic nitrogens is 2. The number of hydrogen-bond acceptors (Lipinski definition) is 3. The second-order valence-corrected chi connectivity index (χ2v) is 9.30. The lowest BCUT2D eigenvalue weighted by atomic mass is 10.1. The Labute approximate surface area is 219 Å². The number of hydrogen-bond donors (Lipinski definition) is 0. The van der Waals surface area contributed by atoms with Gasteiger partial charge in [-0.2, -0.15) is 0 Å². The Hall–Kier alpha value is -3.22. The summed E-state index contributed by atoms with van der Waals surface area (Å²) in [4.78, 5) is 33.6. The van der Waals surface area contributed by atoms with E-state index in [0.717, 1.165) is 5.56 Å². The van der Waals surface area contributed by atoms with E-state index < -0.39 is 11.9 Å². The van der Waals surface area contributed by atoms with Crippen LogP contribution < -0.4 is 5.56 Å². The molecule has 0 aliphatic rings. The Balaban J connectivity index is 1.82. The average molecular weight is 526 g/mol. The Bertz CT molecular complexity index is 1470. The van der Waals surface area contributed by atoms with Crippen molar-refractivity contribution in [3.8, 4) is 0 Å². The molecule has 1 unspecified atom stereocenters. The summed E-state index contributed by atoms with van der Waals surface area (Å²) in [6.45, 7) is 4.49. The van der Waals surface area contributed by atoms with Gasteiger partial charge in [-0.3, -0.25) is 14.2 Å². The van der Waals surface area contributed by atoms with Crippen LogP contribution in [0.3, 0.4) is 0 Å². The molecule has 8 heteroatoms. The quantitative estimate of drug-likeness (QED) is 0.257. The number of carbonyl (C=O) groups is 1. The van der Waals surface area contributed by atoms with Crippen molar-refractivity contribution in [2.24, 2.45) is 0 Å². The smallest absolute Gasteiger partial charge is 0.261 e. The molecule has 0 saturated carbocycles. The lowest BCUT2D eigenvalue weighted by molar-refractivity contribution is 0.0659. The predicted molar refractivity (Wildman–Crippen MR) is 142 cm³/mol. The van der Waals surface area contributed by atoms with Crippen LogP contribution in [0.15, 0.2) is 71.5 Å². The molecule has 0 spiro atoms. The largest absolute Gasteiger partial charge is 0.328 e. The number of amides is 1. The summed E-state index contributed by atoms with van der Waals surface area (Å²) in [7, 11) is 0. The molecule has 36 heavy (non-hydrogen) atoms. The third-order valence-corrected chi connectivity index (χ3v) is 6.82. The van der Waals surface area contributed by atoms with E-state index >= 15 is 0 Å². The van der Waals surface area contributed by atoms with Gasteiger partial charge in [-0.25, -0.2) is 9.37 Å². The predicted octanol–water partition coefficient (Wildman–Crippen LogP) is 6.70. The van der Waals surface area contributed by atoms with Crippen molar-refractivity contribution in [2.45, 2.75) is 39.3 Å². The summed E-state index contributed by atoms with van der Waals surface area (Å²) in [5, 5.41) is 1.55. The van der Waals surface area contributed by atoms with Gasteiger partial charge in [0.05, 0.1) is 16.9 Å². The molecule has 3 aromatic carbocycles. The van der Waals surface area contributed by atoms with E-state index in [1.807, 2.05) is 26.0 Å². The Kier molecular flexibility index (Phi) is 8.07. The molecule has 0 aliphatic carbocycles. The minimum absolute atomic E-state index is 0.157. The third kappa shape index (κ3) is 5.30. The topological polar surface area (TPSA) is 55.2 Å². The fourth-order valence-corrected chi connectivity index (χ4v) is 4.94. The van der Waals surface area contributed by atoms with Gasteiger partial charge in [0, 0.05) is 28.7 Å². The van der Waals surface area contributed by atoms with E-state index in [9.17, 15) is 14.0 Å². The van der Waals surface area contributed by atoms with Crippen molar-refractivity contribution in [3.05, 3.63) is 110 Å². The van der Waals surface area contributed by atoms with E-state index in [1.165, 1.54) is 18.2 Å². The van der Waals surface area contributed by atoms with E-state index in [2.05, 4.69) is 0 Å². The highest BCUT2D eigenvalue weighted by Crippen LogP contribution is 2.28. The fourth-order valence-electron chi connectivity index (χ4n) is 4.44. The van der Waals surface area contributed by atoms with Gasteiger partial charge in [-0.15, -0.1) is 0 Å². The lowest BCUT2D eigenvalue weighted by Gasteiger charge is -2.32. The highest BCUT2D eigenvalue weighted by Gasteiger charge is 2.29. The van der Waals surface area contributed by atoms with Crippen molar-refractivity contribution < 1.29 is 9.18 Å². The molecule has 0 radical (unpaired) electrons. The Morgan fingerprint density at radius 1 is 1.06 bits per heavy atom. The molecule has 0 saturated heterocycles. The zero-order valence-corrected chi connectivity index (χ0v) is 21.6. The Morgan fingerprint density at radius 2 is 1.83 bits per heavy atom. The molecule has 1 atom stereocenters. The molecule has 4 aromatic rings. The first-order valence-electron chi connectivity index (χ1n) is 11.8. The first kappa shape index (κ1) is 25.9. The van der Waals surface area contributed by atoms with Crippen molar-refractivity contribution >= 4 is 40.0 Å². The van der Waals surface area contributed by atoms with Crippen LogP contribution in [0, 0.1) is 5.82 Å². The number of rotatable bonds is 8. The zero-order chi connectivity index (χ0) is 25.8. The molecule has 0 N–H and O–H groups in total. The number of halogens is 3. The van der Waals surface area contributed by atoms with Crippen LogP contribution in [0.25, 0.3) is 10.9 Å². The molecule has 4 rings (SSSR count). The SMILES string of the molecule is CCC(c1nc2ccccc2c(=O)n1CC)N(CCc1ccc(Cl)cc1Cl)C(=O)c1cccc(F)c1. The standard InChI is InChI=1S/C28H26Cl2FN3O2/c1-3-25(26-32-24-11-6-5-10-22(24)28(36)33(26)4-2)34(27(35)19-8-7-9-21(31)16-19)15-14-18-12-13-20(29)17-23(18)30/h5-13,16-17,25H,3-4,14-15H2,1-2H3. The van der Waals surface area contributed by atoms with E-state index in [4.69, 9.17) is 28.2 Å². The van der Waals surface area contributed by atoms with E-state index in [1.54, 1.807) is 45.9 Å². The molecule has 1 amide bonds. The molecular formula is C28H26Cl2FN3O2. The first-order valence-corrected chi connectivity index (χ1v) is 12.6. The number of carbonyl (C=O) groups excluding carboxylic acids is 1. The maximum Gasteiger partial charge on any atom is 0.261 e. The Morgan fingerprint density at radius 3 is 2.53 bits per heavy atom. The van der Waals surface area contributed by atoms with Crippen molar-refractivity contribution in [1.82, 2.24) is 14.5 Å². The average Bonchev–Trinajstić information content (AvgIpc) is 2.87. The van der Waals surface area contributed by atoms with E-state index in [-0.39, 0.29) is 23.6 Å². The lowest BCUT2D eigenvalue weighted by Crippen LogP contribution is -2.40. The van der Waals surface area contributed by atoms with Crippen molar-refractivity contribution in [3.63, 3.8) is 0 Å². The number of para-hydroxylation sites is 1. The summed E-state index contributed by atoms with van der Waals surface area (Å²) < 4.78 is 15.6. The maximum absolute atomic E-state index is 14.0. The van der Waals surface area contributed by atoms with Gasteiger partial charge in [-0.1, -0.05) is 54.4 Å². The van der Waals surface area contributed by atoms with Crippen molar-refractivity contribution in [2.75, 3.05) is 6.54 Å². The molecule has 1 aromatic heterocycles. The van der Waals surface area contributed by atoms with Crippen LogP contribution in [0.5, 0.6) is 0 Å². The van der Waals surface area contributed by atoms with Crippen LogP contribution in [0.1, 0.15) is 48.1 Å². The number of fused-ring (bicyclic) bond motifs is 1. The highest BCUT2D eigenvalue weighted by molar-refractivity contribution is 6.35. The minimum Gasteiger partial charge on any atom is -0.328 e. The van der Waals surface area contributed by atoms with E-state index in [0.29, 0.717) is 46.2 Å². The second kappa shape index (κ2) is 11.2. The van der Waals surface area contributed by atoms with Crippen LogP contribution >= 0.6 is 23.2 Å². The maximum atomic E-state index is 14.0. The number of nitrogens with zero attached hydrogens (tertiary/aromatic N) is 3. The van der Waals surface area contributed by atoms with Gasteiger partial charge in [-0.05, 0) is 67.8 Å². The molecule has 5 nitrogen and oxygen atoms in total. The summed E-state index contributed by atoms with van der Waals surface area (Å²) in [5.41, 5.74) is 1.46. The van der Waals surface area contributed by atoms with Crippen LogP contribution in [0.2, 0.25) is 10.0 Å². The van der Waals surface area contributed by atoms with Gasteiger partial charge in [0.1, 0.15) is 11.6 Å². The van der Waals surface area contributed by atoms with Gasteiger partial charge < -0.3 is 4.90 Å². The van der Waals surface area contributed by atoms with Crippen LogP contribution in [-0.4, -0.2) is 26.9 Å². The first-order chi connectivity index (χ1) is 17.3. The van der Waals surface area contributed by atoms with Gasteiger partial charge in [0.2, 0.25) is 0 Å². The van der Waals surface area contributed by atoms with Crippen LogP contribution in [0.4, 0.5) is 4.39 Å². The normalized spacial score (nSPS) is 12.0.